The quantitative estimate of drug-likeness (QED) is 0.886. The van der Waals surface area contributed by atoms with Gasteiger partial charge >= 0.3 is 0 Å². The van der Waals surface area contributed by atoms with Crippen LogP contribution < -0.4 is 5.32 Å². The monoisotopic (exact) mass is 264 g/mol. The number of hydrogen-bond donors (Lipinski definition) is 1. The molecule has 1 aliphatic heterocycles. The predicted molar refractivity (Wildman–Crippen MR) is 69.0 cm³/mol. The van der Waals surface area contributed by atoms with Gasteiger partial charge in [0, 0.05) is 6.54 Å². The van der Waals surface area contributed by atoms with Gasteiger partial charge in [0.15, 0.2) is 0 Å². The number of nitrogens with zero attached hydrogens (tertiary/aromatic N) is 1. The summed E-state index contributed by atoms with van der Waals surface area (Å²) in [6.45, 7) is 4.09. The largest absolute Gasteiger partial charge is 0.345 e. The normalized spacial score (nSPS) is 19.5. The first-order valence-corrected chi connectivity index (χ1v) is 6.31. The summed E-state index contributed by atoms with van der Waals surface area (Å²) in [4.78, 5) is 24.9. The summed E-state index contributed by atoms with van der Waals surface area (Å²) in [6, 6.07) is 4.17. The molecule has 1 N–H and O–H groups in total. The molecule has 19 heavy (non-hydrogen) atoms. The van der Waals surface area contributed by atoms with Gasteiger partial charge in [0.2, 0.25) is 11.8 Å². The average Bonchev–Trinajstić information content (AvgIpc) is 2.36. The van der Waals surface area contributed by atoms with E-state index in [1.807, 2.05) is 6.92 Å². The van der Waals surface area contributed by atoms with Crippen molar-refractivity contribution in [2.75, 3.05) is 13.1 Å². The van der Waals surface area contributed by atoms with Gasteiger partial charge in [0.1, 0.15) is 11.9 Å². The Balaban J connectivity index is 2.04. The van der Waals surface area contributed by atoms with E-state index in [1.165, 1.54) is 12.1 Å². The van der Waals surface area contributed by atoms with Crippen LogP contribution in [-0.2, 0) is 16.0 Å². The third-order valence-electron chi connectivity index (χ3n) is 3.51. The highest BCUT2D eigenvalue weighted by atomic mass is 19.1. The second-order valence-electron chi connectivity index (χ2n) is 4.80. The molecule has 0 radical (unpaired) electrons. The van der Waals surface area contributed by atoms with Gasteiger partial charge in [-0.3, -0.25) is 9.59 Å². The second-order valence-corrected chi connectivity index (χ2v) is 4.80. The van der Waals surface area contributed by atoms with E-state index in [2.05, 4.69) is 5.32 Å². The summed E-state index contributed by atoms with van der Waals surface area (Å²) >= 11 is 0. The van der Waals surface area contributed by atoms with E-state index in [0.29, 0.717) is 13.0 Å². The van der Waals surface area contributed by atoms with Crippen molar-refractivity contribution in [3.8, 4) is 0 Å². The molecule has 1 saturated heterocycles. The Morgan fingerprint density at radius 3 is 2.84 bits per heavy atom. The molecule has 1 aromatic rings. The highest BCUT2D eigenvalue weighted by Gasteiger charge is 2.30. The van der Waals surface area contributed by atoms with Gasteiger partial charge in [-0.25, -0.2) is 4.39 Å². The molecule has 1 aliphatic rings. The summed E-state index contributed by atoms with van der Waals surface area (Å²) in [7, 11) is 0. The van der Waals surface area contributed by atoms with E-state index in [1.54, 1.807) is 17.9 Å². The fourth-order valence-corrected chi connectivity index (χ4v) is 2.27. The zero-order valence-electron chi connectivity index (χ0n) is 11.1. The maximum atomic E-state index is 13.0. The molecular formula is C14H17FN2O2. The molecule has 1 unspecified atom stereocenters. The first-order valence-electron chi connectivity index (χ1n) is 6.31. The van der Waals surface area contributed by atoms with Crippen molar-refractivity contribution in [3.05, 3.63) is 35.1 Å². The fraction of sp³-hybridized carbons (Fsp3) is 0.429. The summed E-state index contributed by atoms with van der Waals surface area (Å²) in [5.74, 6) is -0.467. The highest BCUT2D eigenvalue weighted by molar-refractivity contribution is 5.94. The van der Waals surface area contributed by atoms with Crippen LogP contribution in [0.15, 0.2) is 18.2 Å². The van der Waals surface area contributed by atoms with E-state index in [0.717, 1.165) is 11.1 Å². The molecule has 0 bridgehead atoms. The predicted octanol–water partition coefficient (Wildman–Crippen LogP) is 1.02. The number of hydrogen-bond acceptors (Lipinski definition) is 2. The molecule has 1 atom stereocenters. The summed E-state index contributed by atoms with van der Waals surface area (Å²) < 4.78 is 13.0. The lowest BCUT2D eigenvalue weighted by atomic mass is 10.0. The molecule has 0 aromatic heterocycles. The zero-order chi connectivity index (χ0) is 14.0. The minimum Gasteiger partial charge on any atom is -0.345 e. The Morgan fingerprint density at radius 1 is 1.42 bits per heavy atom. The van der Waals surface area contributed by atoms with Gasteiger partial charge in [-0.15, -0.1) is 0 Å². The van der Waals surface area contributed by atoms with Crippen LogP contribution in [0, 0.1) is 12.7 Å². The Hall–Kier alpha value is -1.91. The van der Waals surface area contributed by atoms with Crippen LogP contribution in [0.5, 0.6) is 0 Å². The van der Waals surface area contributed by atoms with Gasteiger partial charge in [-0.05, 0) is 43.5 Å². The maximum absolute atomic E-state index is 13.0. The van der Waals surface area contributed by atoms with Crippen molar-refractivity contribution in [1.29, 1.82) is 0 Å². The molecule has 0 spiro atoms. The number of carbonyl (C=O) groups is 2. The van der Waals surface area contributed by atoms with E-state index in [9.17, 15) is 14.0 Å². The number of amides is 2. The number of nitrogens with one attached hydrogen (secondary N) is 1. The average molecular weight is 264 g/mol. The molecule has 102 valence electrons. The van der Waals surface area contributed by atoms with E-state index < -0.39 is 6.04 Å². The molecule has 2 rings (SSSR count). The van der Waals surface area contributed by atoms with Gasteiger partial charge in [-0.2, -0.15) is 0 Å². The van der Waals surface area contributed by atoms with Crippen LogP contribution >= 0.6 is 0 Å². The number of piperazine rings is 1. The molecule has 1 heterocycles. The van der Waals surface area contributed by atoms with Crippen molar-refractivity contribution in [3.63, 3.8) is 0 Å². The molecule has 0 aliphatic carbocycles. The van der Waals surface area contributed by atoms with Gasteiger partial charge in [-0.1, -0.05) is 6.07 Å². The zero-order valence-corrected chi connectivity index (χ0v) is 11.1. The summed E-state index contributed by atoms with van der Waals surface area (Å²) in [5, 5.41) is 2.55. The molecule has 0 saturated carbocycles. The van der Waals surface area contributed by atoms with E-state index in [-0.39, 0.29) is 24.2 Å². The van der Waals surface area contributed by atoms with Crippen molar-refractivity contribution < 1.29 is 14.0 Å². The number of halogens is 1. The molecule has 1 fully saturated rings. The molecule has 4 nitrogen and oxygen atoms in total. The minimum atomic E-state index is -0.443. The van der Waals surface area contributed by atoms with Crippen molar-refractivity contribution in [1.82, 2.24) is 10.2 Å². The van der Waals surface area contributed by atoms with Crippen LogP contribution in [0.25, 0.3) is 0 Å². The number of rotatable bonds is 3. The van der Waals surface area contributed by atoms with Crippen molar-refractivity contribution >= 4 is 11.8 Å². The maximum Gasteiger partial charge on any atom is 0.242 e. The first-order chi connectivity index (χ1) is 8.99. The lowest BCUT2D eigenvalue weighted by Gasteiger charge is -2.32. The van der Waals surface area contributed by atoms with Crippen LogP contribution in [0.1, 0.15) is 18.1 Å². The van der Waals surface area contributed by atoms with Crippen LogP contribution in [0.2, 0.25) is 0 Å². The molecule has 5 heteroatoms. The number of aryl methyl sites for hydroxylation is 1. The van der Waals surface area contributed by atoms with Crippen LogP contribution in [0.3, 0.4) is 0 Å². The number of benzene rings is 1. The van der Waals surface area contributed by atoms with Gasteiger partial charge in [0.25, 0.3) is 0 Å². The highest BCUT2D eigenvalue weighted by Crippen LogP contribution is 2.13. The lowest BCUT2D eigenvalue weighted by Crippen LogP contribution is -2.57. The number of carbonyl (C=O) groups excluding carboxylic acids is 2. The molecular weight excluding hydrogens is 247 g/mol. The van der Waals surface area contributed by atoms with Crippen LogP contribution in [-0.4, -0.2) is 35.8 Å². The van der Waals surface area contributed by atoms with Crippen molar-refractivity contribution in [2.45, 2.75) is 26.3 Å². The van der Waals surface area contributed by atoms with Gasteiger partial charge in [0.05, 0.1) is 6.54 Å². The SMILES string of the molecule is Cc1cc(F)ccc1CCN1C(=O)CNC(=O)C1C. The topological polar surface area (TPSA) is 49.4 Å². The van der Waals surface area contributed by atoms with Gasteiger partial charge < -0.3 is 10.2 Å². The Morgan fingerprint density at radius 2 is 2.16 bits per heavy atom. The lowest BCUT2D eigenvalue weighted by molar-refractivity contribution is -0.144. The van der Waals surface area contributed by atoms with Crippen LogP contribution in [0.4, 0.5) is 4.39 Å². The second kappa shape index (κ2) is 5.38. The molecule has 1 aromatic carbocycles. The third-order valence-corrected chi connectivity index (χ3v) is 3.51. The van der Waals surface area contributed by atoms with E-state index >= 15 is 0 Å². The third kappa shape index (κ3) is 2.92. The summed E-state index contributed by atoms with van der Waals surface area (Å²) in [5.41, 5.74) is 1.86. The summed E-state index contributed by atoms with van der Waals surface area (Å²) in [6.07, 6.45) is 0.621. The Bertz CT molecular complexity index is 516. The fourth-order valence-electron chi connectivity index (χ4n) is 2.27. The smallest absolute Gasteiger partial charge is 0.242 e. The van der Waals surface area contributed by atoms with E-state index in [4.69, 9.17) is 0 Å². The van der Waals surface area contributed by atoms with Crippen molar-refractivity contribution in [2.24, 2.45) is 0 Å². The first kappa shape index (κ1) is 13.5. The molecule has 2 amide bonds. The minimum absolute atomic E-state index is 0.0611. The Labute approximate surface area is 111 Å². The standard InChI is InChI=1S/C14H17FN2O2/c1-9-7-12(15)4-3-11(9)5-6-17-10(2)14(19)16-8-13(17)18/h3-4,7,10H,5-6,8H2,1-2H3,(H,16,19). The Kier molecular flexibility index (Phi) is 3.83.